The molecule has 3 aromatic rings. The van der Waals surface area contributed by atoms with Gasteiger partial charge in [0.1, 0.15) is 17.3 Å². The molecule has 32 heavy (non-hydrogen) atoms. The molecule has 0 atom stereocenters. The van der Waals surface area contributed by atoms with Crippen LogP contribution in [0.1, 0.15) is 47.4 Å². The van der Waals surface area contributed by atoms with Gasteiger partial charge in [-0.3, -0.25) is 4.79 Å². The van der Waals surface area contributed by atoms with Gasteiger partial charge in [0.15, 0.2) is 0 Å². The Labute approximate surface area is 189 Å². The number of nitrogen functional groups attached to an aromatic ring is 1. The second-order valence-corrected chi connectivity index (χ2v) is 8.28. The molecule has 1 amide bonds. The number of ether oxygens (including phenoxy) is 2. The van der Waals surface area contributed by atoms with Gasteiger partial charge in [-0.25, -0.2) is 4.98 Å². The molecule has 3 N–H and O–H groups in total. The van der Waals surface area contributed by atoms with Crippen molar-refractivity contribution in [3.8, 4) is 11.5 Å². The monoisotopic (exact) mass is 433 g/mol. The van der Waals surface area contributed by atoms with Crippen molar-refractivity contribution in [2.75, 3.05) is 18.2 Å². The molecular weight excluding hydrogens is 402 g/mol. The number of methoxy groups -OCH3 is 1. The van der Waals surface area contributed by atoms with Crippen LogP contribution in [0.3, 0.4) is 0 Å². The third kappa shape index (κ3) is 6.31. The van der Waals surface area contributed by atoms with E-state index in [9.17, 15) is 4.79 Å². The molecule has 0 aliphatic heterocycles. The highest BCUT2D eigenvalue weighted by Gasteiger charge is 2.14. The number of nitrogens with two attached hydrogens (primary N) is 1. The van der Waals surface area contributed by atoms with E-state index < -0.39 is 0 Å². The summed E-state index contributed by atoms with van der Waals surface area (Å²) < 4.78 is 11.1. The number of benzene rings is 2. The highest BCUT2D eigenvalue weighted by molar-refractivity contribution is 6.07. The third-order valence-electron chi connectivity index (χ3n) is 5.13. The molecule has 0 fully saturated rings. The van der Waals surface area contributed by atoms with Gasteiger partial charge < -0.3 is 20.5 Å². The molecule has 0 saturated heterocycles. The number of amides is 1. The van der Waals surface area contributed by atoms with Crippen LogP contribution in [-0.2, 0) is 17.8 Å². The maximum absolute atomic E-state index is 12.7. The number of nitrogens with one attached hydrogen (secondary N) is 1. The minimum atomic E-state index is -0.311. The van der Waals surface area contributed by atoms with Gasteiger partial charge in [-0.1, -0.05) is 26.0 Å². The van der Waals surface area contributed by atoms with Crippen molar-refractivity contribution >= 4 is 17.4 Å². The molecule has 0 aliphatic carbocycles. The number of hydrogen-bond donors (Lipinski definition) is 2. The second-order valence-electron chi connectivity index (χ2n) is 8.28. The molecule has 6 heteroatoms. The Hall–Kier alpha value is -3.38. The topological polar surface area (TPSA) is 86.5 Å². The van der Waals surface area contributed by atoms with Gasteiger partial charge in [-0.2, -0.15) is 0 Å². The van der Waals surface area contributed by atoms with Gasteiger partial charge in [0.25, 0.3) is 5.91 Å². The number of carbonyl (C=O) groups excluding carboxylic acids is 1. The molecule has 0 spiro atoms. The van der Waals surface area contributed by atoms with Crippen LogP contribution in [0, 0.1) is 12.8 Å². The number of rotatable bonds is 9. The van der Waals surface area contributed by atoms with Crippen molar-refractivity contribution in [1.82, 2.24) is 4.98 Å². The van der Waals surface area contributed by atoms with Crippen LogP contribution in [-0.4, -0.2) is 18.0 Å². The minimum Gasteiger partial charge on any atom is -0.457 e. The average Bonchev–Trinajstić information content (AvgIpc) is 2.76. The van der Waals surface area contributed by atoms with Crippen LogP contribution >= 0.6 is 0 Å². The number of carbonyl (C=O) groups is 1. The summed E-state index contributed by atoms with van der Waals surface area (Å²) in [6.07, 6.45) is 2.18. The van der Waals surface area contributed by atoms with E-state index in [2.05, 4.69) is 36.3 Å². The maximum atomic E-state index is 12.7. The Morgan fingerprint density at radius 2 is 1.84 bits per heavy atom. The van der Waals surface area contributed by atoms with E-state index in [0.717, 1.165) is 29.8 Å². The van der Waals surface area contributed by atoms with Crippen LogP contribution in [0.5, 0.6) is 11.5 Å². The first-order chi connectivity index (χ1) is 15.4. The van der Waals surface area contributed by atoms with E-state index in [-0.39, 0.29) is 11.7 Å². The molecule has 1 heterocycles. The molecule has 168 valence electrons. The van der Waals surface area contributed by atoms with Crippen LogP contribution in [0.4, 0.5) is 11.5 Å². The molecule has 0 unspecified atom stereocenters. The number of nitrogens with zero attached hydrogens (tertiary/aromatic N) is 1. The van der Waals surface area contributed by atoms with Crippen molar-refractivity contribution in [1.29, 1.82) is 0 Å². The Morgan fingerprint density at radius 3 is 2.53 bits per heavy atom. The lowest BCUT2D eigenvalue weighted by atomic mass is 10.0. The van der Waals surface area contributed by atoms with Crippen LogP contribution in [0.2, 0.25) is 0 Å². The number of aromatic nitrogens is 1. The van der Waals surface area contributed by atoms with E-state index >= 15 is 0 Å². The van der Waals surface area contributed by atoms with Crippen molar-refractivity contribution in [2.24, 2.45) is 5.92 Å². The normalized spacial score (nSPS) is 10.9. The lowest BCUT2D eigenvalue weighted by Gasteiger charge is -2.12. The van der Waals surface area contributed by atoms with Crippen molar-refractivity contribution < 1.29 is 14.3 Å². The zero-order chi connectivity index (χ0) is 23.1. The highest BCUT2D eigenvalue weighted by atomic mass is 16.5. The van der Waals surface area contributed by atoms with E-state index in [4.69, 9.17) is 15.2 Å². The minimum absolute atomic E-state index is 0.178. The standard InChI is InChI=1S/C26H31N3O3/c1-17(2)8-9-19-6-5-7-22(15-19)32-21-12-10-20(11-13-21)28-26(30)23-14-18(3)24(16-31-4)29-25(23)27/h5-7,10-15,17H,8-9,16H2,1-4H3,(H2,27,29)(H,28,30). The number of pyridine rings is 1. The largest absolute Gasteiger partial charge is 0.457 e. The van der Waals surface area contributed by atoms with Gasteiger partial charge in [0.2, 0.25) is 0 Å². The predicted octanol–water partition coefficient (Wildman–Crippen LogP) is 5.75. The summed E-state index contributed by atoms with van der Waals surface area (Å²) in [4.78, 5) is 17.0. The van der Waals surface area contributed by atoms with E-state index in [1.165, 1.54) is 5.56 Å². The van der Waals surface area contributed by atoms with Crippen molar-refractivity contribution in [2.45, 2.75) is 40.2 Å². The summed E-state index contributed by atoms with van der Waals surface area (Å²) in [5, 5.41) is 2.86. The average molecular weight is 434 g/mol. The summed E-state index contributed by atoms with van der Waals surface area (Å²) >= 11 is 0. The highest BCUT2D eigenvalue weighted by Crippen LogP contribution is 2.25. The summed E-state index contributed by atoms with van der Waals surface area (Å²) in [5.74, 6) is 2.03. The summed E-state index contributed by atoms with van der Waals surface area (Å²) in [6, 6.07) is 17.1. The molecule has 2 aromatic carbocycles. The quantitative estimate of drug-likeness (QED) is 0.448. The maximum Gasteiger partial charge on any atom is 0.259 e. The molecule has 1 aromatic heterocycles. The SMILES string of the molecule is COCc1nc(N)c(C(=O)Nc2ccc(Oc3cccc(CCC(C)C)c3)cc2)cc1C. The van der Waals surface area contributed by atoms with Crippen LogP contribution in [0.25, 0.3) is 0 Å². The second kappa shape index (κ2) is 10.8. The molecule has 0 aliphatic rings. The summed E-state index contributed by atoms with van der Waals surface area (Å²) in [7, 11) is 1.59. The third-order valence-corrected chi connectivity index (χ3v) is 5.13. The predicted molar refractivity (Wildman–Crippen MR) is 128 cm³/mol. The Kier molecular flexibility index (Phi) is 7.84. The fourth-order valence-corrected chi connectivity index (χ4v) is 3.29. The first kappa shape index (κ1) is 23.3. The molecule has 6 nitrogen and oxygen atoms in total. The number of aryl methyl sites for hydroxylation is 2. The molecular formula is C26H31N3O3. The van der Waals surface area contributed by atoms with Crippen LogP contribution in [0.15, 0.2) is 54.6 Å². The van der Waals surface area contributed by atoms with E-state index in [1.807, 2.05) is 31.2 Å². The van der Waals surface area contributed by atoms with Crippen LogP contribution < -0.4 is 15.8 Å². The first-order valence-electron chi connectivity index (χ1n) is 10.8. The van der Waals surface area contributed by atoms with E-state index in [0.29, 0.717) is 29.5 Å². The smallest absolute Gasteiger partial charge is 0.259 e. The van der Waals surface area contributed by atoms with Gasteiger partial charge in [-0.05, 0) is 79.3 Å². The Balaban J connectivity index is 1.64. The lowest BCUT2D eigenvalue weighted by molar-refractivity contribution is 0.102. The van der Waals surface area contributed by atoms with Gasteiger partial charge in [-0.15, -0.1) is 0 Å². The molecule has 0 bridgehead atoms. The number of hydrogen-bond acceptors (Lipinski definition) is 5. The zero-order valence-corrected chi connectivity index (χ0v) is 19.1. The fraction of sp³-hybridized carbons (Fsp3) is 0.308. The van der Waals surface area contributed by atoms with Gasteiger partial charge in [0, 0.05) is 12.8 Å². The Morgan fingerprint density at radius 1 is 1.09 bits per heavy atom. The molecule has 0 saturated carbocycles. The Bertz CT molecular complexity index is 1060. The molecule has 3 rings (SSSR count). The van der Waals surface area contributed by atoms with Crippen molar-refractivity contribution in [3.05, 3.63) is 77.0 Å². The zero-order valence-electron chi connectivity index (χ0n) is 19.1. The first-order valence-corrected chi connectivity index (χ1v) is 10.8. The van der Waals surface area contributed by atoms with Crippen molar-refractivity contribution in [3.63, 3.8) is 0 Å². The lowest BCUT2D eigenvalue weighted by Crippen LogP contribution is -2.16. The van der Waals surface area contributed by atoms with Gasteiger partial charge >= 0.3 is 0 Å². The van der Waals surface area contributed by atoms with Gasteiger partial charge in [0.05, 0.1) is 17.9 Å². The summed E-state index contributed by atoms with van der Waals surface area (Å²) in [5.41, 5.74) is 9.80. The fourth-order valence-electron chi connectivity index (χ4n) is 3.29. The molecule has 0 radical (unpaired) electrons. The summed E-state index contributed by atoms with van der Waals surface area (Å²) in [6.45, 7) is 6.67. The van der Waals surface area contributed by atoms with E-state index in [1.54, 1.807) is 25.3 Å². The number of anilines is 2.